The molecule has 0 fully saturated rings. The van der Waals surface area contributed by atoms with Crippen LogP contribution in [0.25, 0.3) is 0 Å². The second-order valence-corrected chi connectivity index (χ2v) is 5.70. The summed E-state index contributed by atoms with van der Waals surface area (Å²) < 4.78 is 5.42. The molecule has 0 bridgehead atoms. The van der Waals surface area contributed by atoms with Gasteiger partial charge in [-0.1, -0.05) is 37.3 Å². The molecular formula is C20H26N2O2. The van der Waals surface area contributed by atoms with Gasteiger partial charge in [-0.25, -0.2) is 0 Å². The summed E-state index contributed by atoms with van der Waals surface area (Å²) in [5.41, 5.74) is 8.35. The van der Waals surface area contributed by atoms with Crippen molar-refractivity contribution in [3.8, 4) is 5.75 Å². The van der Waals surface area contributed by atoms with E-state index in [2.05, 4.69) is 17.4 Å². The summed E-state index contributed by atoms with van der Waals surface area (Å²) in [6, 6.07) is 15.3. The van der Waals surface area contributed by atoms with Crippen molar-refractivity contribution in [3.63, 3.8) is 0 Å². The Labute approximate surface area is 144 Å². The summed E-state index contributed by atoms with van der Waals surface area (Å²) in [5.74, 6) is 0.694. The normalized spacial score (nSPS) is 11.9. The van der Waals surface area contributed by atoms with Crippen molar-refractivity contribution in [2.45, 2.75) is 32.7 Å². The monoisotopic (exact) mass is 326 g/mol. The number of rotatable bonds is 9. The quantitative estimate of drug-likeness (QED) is 0.547. The average Bonchev–Trinajstić information content (AvgIpc) is 2.61. The number of nitrogen functional groups attached to an aromatic ring is 1. The van der Waals surface area contributed by atoms with Crippen LogP contribution in [-0.4, -0.2) is 25.0 Å². The fourth-order valence-corrected chi connectivity index (χ4v) is 2.65. The van der Waals surface area contributed by atoms with Crippen LogP contribution < -0.4 is 15.8 Å². The molecule has 4 nitrogen and oxygen atoms in total. The zero-order chi connectivity index (χ0) is 17.4. The number of Topliss-reactive ketones (excluding diaryl/α,β-unsaturated/α-hetero) is 1. The van der Waals surface area contributed by atoms with E-state index in [-0.39, 0.29) is 11.8 Å². The van der Waals surface area contributed by atoms with E-state index in [4.69, 9.17) is 10.5 Å². The number of anilines is 1. The van der Waals surface area contributed by atoms with Crippen molar-refractivity contribution in [1.29, 1.82) is 0 Å². The third kappa shape index (κ3) is 4.83. The number of ketones is 1. The Morgan fingerprint density at radius 1 is 1.17 bits per heavy atom. The summed E-state index contributed by atoms with van der Waals surface area (Å²) in [5, 5.41) is 3.35. The molecule has 2 rings (SSSR count). The Balaban J connectivity index is 1.96. The molecule has 0 saturated carbocycles. The van der Waals surface area contributed by atoms with E-state index in [0.717, 1.165) is 19.4 Å². The first-order valence-corrected chi connectivity index (χ1v) is 8.49. The first-order chi connectivity index (χ1) is 11.7. The van der Waals surface area contributed by atoms with Gasteiger partial charge in [0.25, 0.3) is 0 Å². The van der Waals surface area contributed by atoms with Gasteiger partial charge in [0.05, 0.1) is 18.3 Å². The molecule has 4 heteroatoms. The van der Waals surface area contributed by atoms with E-state index in [1.165, 1.54) is 5.56 Å². The zero-order valence-electron chi connectivity index (χ0n) is 14.4. The van der Waals surface area contributed by atoms with Crippen LogP contribution in [0.2, 0.25) is 0 Å². The average molecular weight is 326 g/mol. The van der Waals surface area contributed by atoms with Crippen LogP contribution in [0.4, 0.5) is 5.69 Å². The number of ether oxygens (including phenoxy) is 1. The third-order valence-electron chi connectivity index (χ3n) is 3.97. The topological polar surface area (TPSA) is 64.3 Å². The molecule has 0 aliphatic carbocycles. The molecule has 0 aliphatic heterocycles. The Hall–Kier alpha value is -2.33. The molecule has 0 heterocycles. The van der Waals surface area contributed by atoms with Crippen LogP contribution in [0.1, 0.15) is 36.2 Å². The number of nitrogens with one attached hydrogen (secondary N) is 1. The molecule has 0 aliphatic rings. The van der Waals surface area contributed by atoms with Gasteiger partial charge in [-0.3, -0.25) is 4.79 Å². The smallest absolute Gasteiger partial charge is 0.179 e. The lowest BCUT2D eigenvalue weighted by molar-refractivity contribution is 0.0941. The number of hydrogen-bond donors (Lipinski definition) is 2. The molecule has 2 aromatic carbocycles. The van der Waals surface area contributed by atoms with Crippen molar-refractivity contribution < 1.29 is 9.53 Å². The number of hydrogen-bond acceptors (Lipinski definition) is 4. The predicted octanol–water partition coefficient (Wildman–Crippen LogP) is 3.46. The first-order valence-electron chi connectivity index (χ1n) is 8.49. The van der Waals surface area contributed by atoms with Crippen molar-refractivity contribution in [3.05, 3.63) is 59.7 Å². The second kappa shape index (κ2) is 9.08. The molecule has 2 aromatic rings. The number of benzene rings is 2. The van der Waals surface area contributed by atoms with Gasteiger partial charge in [0.1, 0.15) is 5.75 Å². The maximum absolute atomic E-state index is 12.7. The highest BCUT2D eigenvalue weighted by atomic mass is 16.5. The fourth-order valence-electron chi connectivity index (χ4n) is 2.65. The SMILES string of the molecule is CCOc1ccc(C(=O)C(CC)NCCc2ccccc2)cc1N. The van der Waals surface area contributed by atoms with Crippen LogP contribution >= 0.6 is 0 Å². The highest BCUT2D eigenvalue weighted by molar-refractivity contribution is 6.01. The van der Waals surface area contributed by atoms with Crippen molar-refractivity contribution in [1.82, 2.24) is 5.32 Å². The minimum atomic E-state index is -0.203. The summed E-state index contributed by atoms with van der Waals surface area (Å²) >= 11 is 0. The van der Waals surface area contributed by atoms with Gasteiger partial charge in [0.15, 0.2) is 5.78 Å². The molecule has 0 aromatic heterocycles. The molecule has 1 atom stereocenters. The highest BCUT2D eigenvalue weighted by Crippen LogP contribution is 2.23. The predicted molar refractivity (Wildman–Crippen MR) is 98.6 cm³/mol. The second-order valence-electron chi connectivity index (χ2n) is 5.70. The maximum atomic E-state index is 12.7. The summed E-state index contributed by atoms with van der Waals surface area (Å²) in [6.45, 7) is 5.23. The summed E-state index contributed by atoms with van der Waals surface area (Å²) in [4.78, 5) is 12.7. The van der Waals surface area contributed by atoms with Crippen LogP contribution in [0.3, 0.4) is 0 Å². The van der Waals surface area contributed by atoms with E-state index in [1.807, 2.05) is 32.0 Å². The molecule has 3 N–H and O–H groups in total. The lowest BCUT2D eigenvalue weighted by atomic mass is 10.0. The number of nitrogens with two attached hydrogens (primary N) is 1. The van der Waals surface area contributed by atoms with Crippen LogP contribution in [0.15, 0.2) is 48.5 Å². The lowest BCUT2D eigenvalue weighted by Gasteiger charge is -2.17. The van der Waals surface area contributed by atoms with E-state index in [0.29, 0.717) is 23.6 Å². The molecule has 0 radical (unpaired) electrons. The molecule has 0 amide bonds. The van der Waals surface area contributed by atoms with E-state index in [1.54, 1.807) is 18.2 Å². The van der Waals surface area contributed by atoms with Crippen LogP contribution in [0.5, 0.6) is 5.75 Å². The first kappa shape index (κ1) is 18.0. The van der Waals surface area contributed by atoms with Crippen molar-refractivity contribution in [2.24, 2.45) is 0 Å². The van der Waals surface area contributed by atoms with Crippen LogP contribution in [-0.2, 0) is 6.42 Å². The molecule has 1 unspecified atom stereocenters. The van der Waals surface area contributed by atoms with Gasteiger partial charge in [-0.05, 0) is 50.1 Å². The van der Waals surface area contributed by atoms with Gasteiger partial charge in [-0.15, -0.1) is 0 Å². The number of carbonyl (C=O) groups excluding carboxylic acids is 1. The molecule has 0 spiro atoms. The fraction of sp³-hybridized carbons (Fsp3) is 0.350. The third-order valence-corrected chi connectivity index (χ3v) is 3.97. The molecule has 0 saturated heterocycles. The van der Waals surface area contributed by atoms with E-state index < -0.39 is 0 Å². The van der Waals surface area contributed by atoms with Crippen LogP contribution in [0, 0.1) is 0 Å². The summed E-state index contributed by atoms with van der Waals surface area (Å²) in [6.07, 6.45) is 1.64. The van der Waals surface area contributed by atoms with E-state index >= 15 is 0 Å². The van der Waals surface area contributed by atoms with Gasteiger partial charge in [0, 0.05) is 5.56 Å². The standard InChI is InChI=1S/C20H26N2O2/c1-3-18(22-13-12-15-8-6-5-7-9-15)20(23)16-10-11-19(24-4-2)17(21)14-16/h5-11,14,18,22H,3-4,12-13,21H2,1-2H3. The Kier molecular flexibility index (Phi) is 6.82. The molecule has 24 heavy (non-hydrogen) atoms. The minimum Gasteiger partial charge on any atom is -0.492 e. The zero-order valence-corrected chi connectivity index (χ0v) is 14.4. The van der Waals surface area contributed by atoms with Gasteiger partial charge in [0.2, 0.25) is 0 Å². The van der Waals surface area contributed by atoms with Gasteiger partial charge >= 0.3 is 0 Å². The number of carbonyl (C=O) groups is 1. The Bertz CT molecular complexity index is 656. The largest absolute Gasteiger partial charge is 0.492 e. The van der Waals surface area contributed by atoms with Gasteiger partial charge in [-0.2, -0.15) is 0 Å². The van der Waals surface area contributed by atoms with Crippen molar-refractivity contribution >= 4 is 11.5 Å². The highest BCUT2D eigenvalue weighted by Gasteiger charge is 2.18. The Morgan fingerprint density at radius 3 is 2.54 bits per heavy atom. The molecule has 128 valence electrons. The Morgan fingerprint density at radius 2 is 1.92 bits per heavy atom. The summed E-state index contributed by atoms with van der Waals surface area (Å²) in [7, 11) is 0. The maximum Gasteiger partial charge on any atom is 0.179 e. The molecular weight excluding hydrogens is 300 g/mol. The lowest BCUT2D eigenvalue weighted by Crippen LogP contribution is -2.37. The van der Waals surface area contributed by atoms with Gasteiger partial charge < -0.3 is 15.8 Å². The van der Waals surface area contributed by atoms with E-state index in [9.17, 15) is 4.79 Å². The van der Waals surface area contributed by atoms with Crippen molar-refractivity contribution in [2.75, 3.05) is 18.9 Å². The minimum absolute atomic E-state index is 0.0697.